The minimum atomic E-state index is -0.276. The lowest BCUT2D eigenvalue weighted by Gasteiger charge is -2.30. The molecular formula is C19H32N2O. The molecule has 0 aromatic heterocycles. The fourth-order valence-corrected chi connectivity index (χ4v) is 3.56. The van der Waals surface area contributed by atoms with Gasteiger partial charge in [-0.05, 0) is 32.5 Å². The van der Waals surface area contributed by atoms with Gasteiger partial charge in [-0.15, -0.1) is 0 Å². The summed E-state index contributed by atoms with van der Waals surface area (Å²) in [4.78, 5) is 4.59. The van der Waals surface area contributed by atoms with Gasteiger partial charge in [-0.1, -0.05) is 56.0 Å². The van der Waals surface area contributed by atoms with Crippen molar-refractivity contribution >= 4 is 0 Å². The van der Waals surface area contributed by atoms with Crippen LogP contribution in [0.5, 0.6) is 0 Å². The Labute approximate surface area is 135 Å². The fourth-order valence-electron chi connectivity index (χ4n) is 3.56. The molecule has 1 atom stereocenters. The first-order valence-electron chi connectivity index (χ1n) is 8.76. The van der Waals surface area contributed by atoms with Gasteiger partial charge >= 0.3 is 0 Å². The first-order valence-corrected chi connectivity index (χ1v) is 8.76. The van der Waals surface area contributed by atoms with Gasteiger partial charge < -0.3 is 10.0 Å². The number of aliphatic hydroxyl groups excluding tert-OH is 1. The second kappa shape index (κ2) is 9.29. The predicted molar refractivity (Wildman–Crippen MR) is 92.9 cm³/mol. The molecule has 1 unspecified atom stereocenters. The van der Waals surface area contributed by atoms with Crippen LogP contribution in [-0.2, 0) is 6.54 Å². The van der Waals surface area contributed by atoms with Crippen LogP contribution >= 0.6 is 0 Å². The predicted octanol–water partition coefficient (Wildman–Crippen LogP) is 3.13. The van der Waals surface area contributed by atoms with E-state index in [1.807, 2.05) is 6.07 Å². The topological polar surface area (TPSA) is 26.7 Å². The first-order chi connectivity index (χ1) is 10.6. The monoisotopic (exact) mass is 304 g/mol. The van der Waals surface area contributed by atoms with Crippen molar-refractivity contribution < 1.29 is 5.11 Å². The molecule has 1 aromatic rings. The molecule has 0 spiro atoms. The Morgan fingerprint density at radius 1 is 1.00 bits per heavy atom. The molecule has 1 N–H and O–H groups in total. The molecule has 0 bridgehead atoms. The van der Waals surface area contributed by atoms with E-state index in [9.17, 15) is 5.11 Å². The molecule has 1 aliphatic rings. The third kappa shape index (κ3) is 6.07. The van der Waals surface area contributed by atoms with Gasteiger partial charge in [0.05, 0.1) is 6.10 Å². The zero-order valence-corrected chi connectivity index (χ0v) is 14.2. The lowest BCUT2D eigenvalue weighted by atomic mass is 10.1. The van der Waals surface area contributed by atoms with Gasteiger partial charge in [0.1, 0.15) is 0 Å². The Balaban J connectivity index is 1.72. The molecule has 0 radical (unpaired) electrons. The van der Waals surface area contributed by atoms with Crippen LogP contribution in [-0.4, -0.2) is 54.2 Å². The van der Waals surface area contributed by atoms with E-state index in [2.05, 4.69) is 48.2 Å². The van der Waals surface area contributed by atoms with Crippen molar-refractivity contribution in [1.82, 2.24) is 9.80 Å². The van der Waals surface area contributed by atoms with E-state index in [-0.39, 0.29) is 6.10 Å². The molecular weight excluding hydrogens is 272 g/mol. The minimum absolute atomic E-state index is 0.276. The number of hydrogen-bond acceptors (Lipinski definition) is 3. The number of benzene rings is 1. The van der Waals surface area contributed by atoms with Crippen molar-refractivity contribution in [3.05, 3.63) is 35.9 Å². The largest absolute Gasteiger partial charge is 0.390 e. The molecule has 1 aliphatic carbocycles. The Bertz CT molecular complexity index is 401. The van der Waals surface area contributed by atoms with Crippen molar-refractivity contribution in [3.8, 4) is 0 Å². The Morgan fingerprint density at radius 3 is 2.27 bits per heavy atom. The first kappa shape index (κ1) is 17.5. The summed E-state index contributed by atoms with van der Waals surface area (Å²) in [7, 11) is 4.26. The maximum Gasteiger partial charge on any atom is 0.0793 e. The summed E-state index contributed by atoms with van der Waals surface area (Å²) in [5.41, 5.74) is 1.30. The summed E-state index contributed by atoms with van der Waals surface area (Å²) in [5, 5.41) is 10.4. The van der Waals surface area contributed by atoms with Crippen molar-refractivity contribution in [3.63, 3.8) is 0 Å². The van der Waals surface area contributed by atoms with Crippen LogP contribution in [0, 0.1) is 0 Å². The van der Waals surface area contributed by atoms with Gasteiger partial charge in [-0.3, -0.25) is 4.90 Å². The number of likely N-dealkylation sites (N-methyl/N-ethyl adjacent to an activating group) is 2. The quantitative estimate of drug-likeness (QED) is 0.784. The zero-order chi connectivity index (χ0) is 15.8. The highest BCUT2D eigenvalue weighted by Crippen LogP contribution is 2.21. The van der Waals surface area contributed by atoms with E-state index in [4.69, 9.17) is 0 Å². The van der Waals surface area contributed by atoms with E-state index < -0.39 is 0 Å². The van der Waals surface area contributed by atoms with E-state index in [1.54, 1.807) is 0 Å². The normalized spacial score (nSPS) is 18.6. The van der Waals surface area contributed by atoms with Gasteiger partial charge in [0.25, 0.3) is 0 Å². The third-order valence-electron chi connectivity index (χ3n) is 4.76. The summed E-state index contributed by atoms with van der Waals surface area (Å²) in [6.07, 6.45) is 7.77. The van der Waals surface area contributed by atoms with Crippen molar-refractivity contribution in [2.75, 3.05) is 27.2 Å². The molecule has 0 saturated heterocycles. The number of aliphatic hydroxyl groups is 1. The van der Waals surface area contributed by atoms with Crippen LogP contribution in [0.25, 0.3) is 0 Å². The summed E-state index contributed by atoms with van der Waals surface area (Å²) in [6.45, 7) is 2.40. The summed E-state index contributed by atoms with van der Waals surface area (Å²) < 4.78 is 0. The number of nitrogens with zero attached hydrogens (tertiary/aromatic N) is 2. The molecule has 2 rings (SSSR count). The van der Waals surface area contributed by atoms with Crippen molar-refractivity contribution in [2.45, 2.75) is 57.2 Å². The van der Waals surface area contributed by atoms with Crippen molar-refractivity contribution in [1.29, 1.82) is 0 Å². The fraction of sp³-hybridized carbons (Fsp3) is 0.684. The zero-order valence-electron chi connectivity index (χ0n) is 14.2. The highest BCUT2D eigenvalue weighted by atomic mass is 16.3. The highest BCUT2D eigenvalue weighted by Gasteiger charge is 2.19. The standard InChI is InChI=1S/C19H32N2O/c1-20(14-17-10-6-5-7-11-17)15-19(22)16-21(2)18-12-8-3-4-9-13-18/h5-7,10-11,18-19,22H,3-4,8-9,12-16H2,1-2H3. The molecule has 22 heavy (non-hydrogen) atoms. The molecule has 1 saturated carbocycles. The molecule has 124 valence electrons. The van der Waals surface area contributed by atoms with Crippen LogP contribution in [0.15, 0.2) is 30.3 Å². The maximum atomic E-state index is 10.4. The average molecular weight is 304 g/mol. The molecule has 0 amide bonds. The smallest absolute Gasteiger partial charge is 0.0793 e. The Morgan fingerprint density at radius 2 is 1.64 bits per heavy atom. The second-order valence-electron chi connectivity index (χ2n) is 6.92. The third-order valence-corrected chi connectivity index (χ3v) is 4.76. The van der Waals surface area contributed by atoms with E-state index in [0.29, 0.717) is 6.04 Å². The highest BCUT2D eigenvalue weighted by molar-refractivity contribution is 5.14. The lowest BCUT2D eigenvalue weighted by molar-refractivity contribution is 0.0709. The minimum Gasteiger partial charge on any atom is -0.390 e. The Hall–Kier alpha value is -0.900. The van der Waals surface area contributed by atoms with Crippen LogP contribution < -0.4 is 0 Å². The SMILES string of the molecule is CN(Cc1ccccc1)CC(O)CN(C)C1CCCCCC1. The van der Waals surface area contributed by atoms with Crippen LogP contribution in [0.2, 0.25) is 0 Å². The molecule has 0 aliphatic heterocycles. The second-order valence-corrected chi connectivity index (χ2v) is 6.92. The van der Waals surface area contributed by atoms with Gasteiger partial charge in [0.15, 0.2) is 0 Å². The lowest BCUT2D eigenvalue weighted by Crippen LogP contribution is -2.41. The van der Waals surface area contributed by atoms with E-state index in [0.717, 1.165) is 19.6 Å². The maximum absolute atomic E-state index is 10.4. The number of hydrogen-bond donors (Lipinski definition) is 1. The molecule has 1 aromatic carbocycles. The van der Waals surface area contributed by atoms with Crippen molar-refractivity contribution in [2.24, 2.45) is 0 Å². The molecule has 3 nitrogen and oxygen atoms in total. The number of rotatable bonds is 7. The van der Waals surface area contributed by atoms with Gasteiger partial charge in [-0.25, -0.2) is 0 Å². The van der Waals surface area contributed by atoms with E-state index in [1.165, 1.54) is 44.1 Å². The Kier molecular flexibility index (Phi) is 7.37. The molecule has 1 fully saturated rings. The van der Waals surface area contributed by atoms with Gasteiger partial charge in [-0.2, -0.15) is 0 Å². The van der Waals surface area contributed by atoms with E-state index >= 15 is 0 Å². The summed E-state index contributed by atoms with van der Waals surface area (Å²) >= 11 is 0. The van der Waals surface area contributed by atoms with Crippen LogP contribution in [0.4, 0.5) is 0 Å². The summed E-state index contributed by atoms with van der Waals surface area (Å²) in [6, 6.07) is 11.1. The van der Waals surface area contributed by atoms with Crippen LogP contribution in [0.3, 0.4) is 0 Å². The molecule has 0 heterocycles. The summed E-state index contributed by atoms with van der Waals surface area (Å²) in [5.74, 6) is 0. The molecule has 3 heteroatoms. The van der Waals surface area contributed by atoms with Crippen LogP contribution in [0.1, 0.15) is 44.1 Å². The average Bonchev–Trinajstić information content (AvgIpc) is 2.77. The van der Waals surface area contributed by atoms with Gasteiger partial charge in [0, 0.05) is 25.7 Å². The van der Waals surface area contributed by atoms with Gasteiger partial charge in [0.2, 0.25) is 0 Å².